The molecule has 10 heteroatoms. The van der Waals surface area contributed by atoms with E-state index >= 15 is 0 Å². The van der Waals surface area contributed by atoms with Crippen molar-refractivity contribution in [3.63, 3.8) is 0 Å². The highest BCUT2D eigenvalue weighted by Crippen LogP contribution is 2.14. The molecular weight excluding hydrogens is 519 g/mol. The summed E-state index contributed by atoms with van der Waals surface area (Å²) in [6.07, 6.45) is 3.10. The molecule has 0 bridgehead atoms. The number of nitrogens with one attached hydrogen (secondary N) is 2. The Labute approximate surface area is 197 Å². The van der Waals surface area contributed by atoms with E-state index in [1.165, 1.54) is 0 Å². The van der Waals surface area contributed by atoms with Crippen molar-refractivity contribution in [2.24, 2.45) is 4.99 Å². The molecule has 1 aromatic rings. The third-order valence-corrected chi connectivity index (χ3v) is 6.31. The van der Waals surface area contributed by atoms with Crippen LogP contribution in [0.4, 0.5) is 0 Å². The Morgan fingerprint density at radius 3 is 2.43 bits per heavy atom. The van der Waals surface area contributed by atoms with Crippen LogP contribution in [0.5, 0.6) is 0 Å². The number of hydrogen-bond donors (Lipinski definition) is 2. The van der Waals surface area contributed by atoms with E-state index in [2.05, 4.69) is 19.9 Å². The monoisotopic (exact) mass is 554 g/mol. The number of guanidine groups is 1. The number of piperidine rings is 1. The predicted octanol–water partition coefficient (Wildman–Crippen LogP) is 1.98. The lowest BCUT2D eigenvalue weighted by Crippen LogP contribution is -2.48. The first-order valence-corrected chi connectivity index (χ1v) is 11.6. The first-order chi connectivity index (χ1) is 14.0. The van der Waals surface area contributed by atoms with Crippen LogP contribution in [0.25, 0.3) is 0 Å². The minimum Gasteiger partial charge on any atom is -0.385 e. The molecule has 1 aliphatic heterocycles. The Balaban J connectivity index is 0.00000450. The predicted molar refractivity (Wildman–Crippen MR) is 130 cm³/mol. The summed E-state index contributed by atoms with van der Waals surface area (Å²) in [5, 5.41) is 3.24. The Kier molecular flexibility index (Phi) is 12.8. The van der Waals surface area contributed by atoms with Crippen LogP contribution in [0, 0.1) is 6.92 Å². The largest absolute Gasteiger partial charge is 0.385 e. The van der Waals surface area contributed by atoms with Gasteiger partial charge in [0.15, 0.2) is 5.96 Å². The number of aryl methyl sites for hydroxylation is 1. The zero-order valence-corrected chi connectivity index (χ0v) is 21.2. The Morgan fingerprint density at radius 2 is 1.83 bits per heavy atom. The minimum atomic E-state index is -3.50. The lowest BCUT2D eigenvalue weighted by Gasteiger charge is -2.34. The maximum Gasteiger partial charge on any atom is 0.240 e. The standard InChI is InChI=1S/C20H34N4O4S.HI/c1-17-5-7-19(8-6-17)29(25,26)23-12-11-22-20(21-2)24-13-9-18(10-14-24)28-16-4-15-27-3;/h5-8,18,23H,4,9-16H2,1-3H3,(H,21,22);1H. The second kappa shape index (κ2) is 14.2. The molecular formula is C20H35IN4O4S. The molecule has 0 aliphatic carbocycles. The van der Waals surface area contributed by atoms with Crippen molar-refractivity contribution in [1.29, 1.82) is 0 Å². The smallest absolute Gasteiger partial charge is 0.240 e. The van der Waals surface area contributed by atoms with E-state index in [0.717, 1.165) is 57.1 Å². The summed E-state index contributed by atoms with van der Waals surface area (Å²) in [6, 6.07) is 6.82. The third-order valence-electron chi connectivity index (χ3n) is 4.83. The highest BCUT2D eigenvalue weighted by atomic mass is 127. The minimum absolute atomic E-state index is 0. The number of rotatable bonds is 10. The molecule has 0 unspecified atom stereocenters. The van der Waals surface area contributed by atoms with Gasteiger partial charge >= 0.3 is 0 Å². The molecule has 8 nitrogen and oxygen atoms in total. The summed E-state index contributed by atoms with van der Waals surface area (Å²) >= 11 is 0. The van der Waals surface area contributed by atoms with Gasteiger partial charge < -0.3 is 19.7 Å². The highest BCUT2D eigenvalue weighted by Gasteiger charge is 2.22. The summed E-state index contributed by atoms with van der Waals surface area (Å²) in [5.41, 5.74) is 1.03. The molecule has 0 spiro atoms. The zero-order valence-electron chi connectivity index (χ0n) is 18.1. The van der Waals surface area contributed by atoms with Crippen molar-refractivity contribution in [2.75, 3.05) is 53.6 Å². The van der Waals surface area contributed by atoms with Crippen LogP contribution in [0.3, 0.4) is 0 Å². The summed E-state index contributed by atoms with van der Waals surface area (Å²) in [4.78, 5) is 6.78. The second-order valence-corrected chi connectivity index (χ2v) is 8.86. The molecule has 1 aliphatic rings. The normalized spacial score (nSPS) is 15.7. The number of sulfonamides is 1. The average Bonchev–Trinajstić information content (AvgIpc) is 2.72. The van der Waals surface area contributed by atoms with Crippen molar-refractivity contribution in [3.8, 4) is 0 Å². The van der Waals surface area contributed by atoms with E-state index in [9.17, 15) is 8.42 Å². The van der Waals surface area contributed by atoms with Crippen LogP contribution in [0.2, 0.25) is 0 Å². The third kappa shape index (κ3) is 9.04. The number of halogens is 1. The summed E-state index contributed by atoms with van der Waals surface area (Å²) in [5.74, 6) is 0.789. The van der Waals surface area contributed by atoms with Crippen LogP contribution in [-0.4, -0.2) is 78.9 Å². The Morgan fingerprint density at radius 1 is 1.17 bits per heavy atom. The van der Waals surface area contributed by atoms with Gasteiger partial charge in [-0.2, -0.15) is 0 Å². The van der Waals surface area contributed by atoms with E-state index in [-0.39, 0.29) is 41.5 Å². The molecule has 2 rings (SSSR count). The van der Waals surface area contributed by atoms with E-state index in [1.807, 2.05) is 6.92 Å². The summed E-state index contributed by atoms with van der Waals surface area (Å²) in [6.45, 7) is 5.86. The highest BCUT2D eigenvalue weighted by molar-refractivity contribution is 14.0. The maximum atomic E-state index is 12.3. The van der Waals surface area contributed by atoms with E-state index in [1.54, 1.807) is 38.4 Å². The molecule has 1 saturated heterocycles. The number of nitrogens with zero attached hydrogens (tertiary/aromatic N) is 2. The van der Waals surface area contributed by atoms with Gasteiger partial charge in [0.1, 0.15) is 0 Å². The number of ether oxygens (including phenoxy) is 2. The molecule has 0 radical (unpaired) electrons. The molecule has 0 atom stereocenters. The molecule has 0 amide bonds. The first kappa shape index (κ1) is 27.1. The SMILES string of the molecule is CN=C(NCCNS(=O)(=O)c1ccc(C)cc1)N1CCC(OCCCOC)CC1.I. The fourth-order valence-corrected chi connectivity index (χ4v) is 4.21. The van der Waals surface area contributed by atoms with Gasteiger partial charge in [0, 0.05) is 53.6 Å². The quantitative estimate of drug-likeness (QED) is 0.199. The van der Waals surface area contributed by atoms with E-state index < -0.39 is 10.0 Å². The van der Waals surface area contributed by atoms with Gasteiger partial charge in [-0.3, -0.25) is 4.99 Å². The number of methoxy groups -OCH3 is 1. The van der Waals surface area contributed by atoms with Crippen molar-refractivity contribution in [3.05, 3.63) is 29.8 Å². The van der Waals surface area contributed by atoms with Crippen molar-refractivity contribution < 1.29 is 17.9 Å². The van der Waals surface area contributed by atoms with Gasteiger partial charge in [-0.05, 0) is 38.3 Å². The zero-order chi connectivity index (χ0) is 21.1. The molecule has 0 saturated carbocycles. The Bertz CT molecular complexity index is 736. The van der Waals surface area contributed by atoms with E-state index in [4.69, 9.17) is 9.47 Å². The fraction of sp³-hybridized carbons (Fsp3) is 0.650. The van der Waals surface area contributed by atoms with Crippen LogP contribution < -0.4 is 10.0 Å². The lowest BCUT2D eigenvalue weighted by molar-refractivity contribution is 0.00992. The summed E-state index contributed by atoms with van der Waals surface area (Å²) < 4.78 is 38.2. The maximum absolute atomic E-state index is 12.3. The summed E-state index contributed by atoms with van der Waals surface area (Å²) in [7, 11) is -0.0548. The molecule has 172 valence electrons. The van der Waals surface area contributed by atoms with Crippen LogP contribution in [-0.2, 0) is 19.5 Å². The molecule has 30 heavy (non-hydrogen) atoms. The molecule has 2 N–H and O–H groups in total. The van der Waals surface area contributed by atoms with Crippen LogP contribution >= 0.6 is 24.0 Å². The lowest BCUT2D eigenvalue weighted by atomic mass is 10.1. The van der Waals surface area contributed by atoms with Gasteiger partial charge in [0.2, 0.25) is 10.0 Å². The molecule has 1 fully saturated rings. The van der Waals surface area contributed by atoms with Crippen molar-refractivity contribution in [1.82, 2.24) is 14.9 Å². The van der Waals surface area contributed by atoms with Crippen molar-refractivity contribution in [2.45, 2.75) is 37.2 Å². The van der Waals surface area contributed by atoms with Gasteiger partial charge in [-0.1, -0.05) is 17.7 Å². The van der Waals surface area contributed by atoms with Crippen LogP contribution in [0.15, 0.2) is 34.2 Å². The van der Waals surface area contributed by atoms with Gasteiger partial charge in [0.05, 0.1) is 11.0 Å². The van der Waals surface area contributed by atoms with Crippen molar-refractivity contribution >= 4 is 40.0 Å². The van der Waals surface area contributed by atoms with E-state index in [0.29, 0.717) is 6.54 Å². The molecule has 0 aromatic heterocycles. The topological polar surface area (TPSA) is 92.3 Å². The van der Waals surface area contributed by atoms with Gasteiger partial charge in [0.25, 0.3) is 0 Å². The fourth-order valence-electron chi connectivity index (χ4n) is 3.18. The number of likely N-dealkylation sites (tertiary alicyclic amines) is 1. The second-order valence-electron chi connectivity index (χ2n) is 7.09. The average molecular weight is 554 g/mol. The first-order valence-electron chi connectivity index (χ1n) is 10.1. The molecule has 1 heterocycles. The van der Waals surface area contributed by atoms with Gasteiger partial charge in [-0.15, -0.1) is 24.0 Å². The Hall–Kier alpha value is -0.950. The van der Waals surface area contributed by atoms with Gasteiger partial charge in [-0.25, -0.2) is 13.1 Å². The molecule has 1 aromatic carbocycles. The number of aliphatic imine (C=N–C) groups is 1. The van der Waals surface area contributed by atoms with Crippen LogP contribution in [0.1, 0.15) is 24.8 Å². The number of benzene rings is 1. The number of hydrogen-bond acceptors (Lipinski definition) is 5.